The van der Waals surface area contributed by atoms with Gasteiger partial charge in [-0.3, -0.25) is 0 Å². The summed E-state index contributed by atoms with van der Waals surface area (Å²) < 4.78 is 10.2. The molecule has 4 nitrogen and oxygen atoms in total. The van der Waals surface area contributed by atoms with E-state index in [1.807, 2.05) is 6.07 Å². The molecule has 0 heterocycles. The molecule has 0 saturated heterocycles. The van der Waals surface area contributed by atoms with Crippen LogP contribution in [0.3, 0.4) is 0 Å². The number of carbonyl (C=O) groups excluding carboxylic acids is 1. The maximum atomic E-state index is 11.4. The third kappa shape index (κ3) is 4.11. The Balaban J connectivity index is 2.23. The summed E-state index contributed by atoms with van der Waals surface area (Å²) in [4.78, 5) is 11.4. The van der Waals surface area contributed by atoms with Crippen molar-refractivity contribution < 1.29 is 14.3 Å². The smallest absolute Gasteiger partial charge is 0.348 e. The van der Waals surface area contributed by atoms with E-state index in [-0.39, 0.29) is 5.57 Å². The van der Waals surface area contributed by atoms with Crippen molar-refractivity contribution in [3.8, 4) is 17.6 Å². The van der Waals surface area contributed by atoms with Crippen LogP contribution < -0.4 is 4.74 Å². The number of methoxy groups -OCH3 is 1. The highest BCUT2D eigenvalue weighted by Crippen LogP contribution is 2.24. The van der Waals surface area contributed by atoms with Crippen LogP contribution >= 0.6 is 11.6 Å². The normalized spacial score (nSPS) is 10.7. The largest absolute Gasteiger partial charge is 0.465 e. The second-order valence-electron chi connectivity index (χ2n) is 4.29. The van der Waals surface area contributed by atoms with Crippen molar-refractivity contribution in [2.45, 2.75) is 0 Å². The van der Waals surface area contributed by atoms with Gasteiger partial charge >= 0.3 is 5.97 Å². The van der Waals surface area contributed by atoms with Crippen LogP contribution in [0.25, 0.3) is 6.08 Å². The molecule has 0 atom stereocenters. The lowest BCUT2D eigenvalue weighted by Gasteiger charge is -2.06. The summed E-state index contributed by atoms with van der Waals surface area (Å²) in [5.41, 5.74) is 0.583. The van der Waals surface area contributed by atoms with Gasteiger partial charge in [-0.2, -0.15) is 5.26 Å². The standard InChI is InChI=1S/C17H12ClNO3/c1-21-17(20)13(11-19)9-12-3-2-4-16(10-12)22-15-7-5-14(18)6-8-15/h2-10H,1H3/b13-9-. The van der Waals surface area contributed by atoms with E-state index in [0.29, 0.717) is 22.1 Å². The molecule has 2 aromatic carbocycles. The van der Waals surface area contributed by atoms with Crippen molar-refractivity contribution in [1.29, 1.82) is 5.26 Å². The maximum absolute atomic E-state index is 11.4. The molecule has 0 radical (unpaired) electrons. The molecular formula is C17H12ClNO3. The lowest BCUT2D eigenvalue weighted by molar-refractivity contribution is -0.135. The van der Waals surface area contributed by atoms with Crippen molar-refractivity contribution >= 4 is 23.6 Å². The number of ether oxygens (including phenoxy) is 2. The molecule has 0 fully saturated rings. The number of hydrogen-bond donors (Lipinski definition) is 0. The predicted octanol–water partition coefficient (Wildman–Crippen LogP) is 4.21. The summed E-state index contributed by atoms with van der Waals surface area (Å²) in [7, 11) is 1.23. The Hall–Kier alpha value is -2.77. The molecule has 0 aliphatic heterocycles. The second-order valence-corrected chi connectivity index (χ2v) is 4.73. The molecule has 0 aromatic heterocycles. The van der Waals surface area contributed by atoms with Gasteiger partial charge in [-0.1, -0.05) is 23.7 Å². The minimum atomic E-state index is -0.675. The summed E-state index contributed by atoms with van der Waals surface area (Å²) >= 11 is 5.82. The van der Waals surface area contributed by atoms with Gasteiger partial charge in [-0.15, -0.1) is 0 Å². The van der Waals surface area contributed by atoms with E-state index < -0.39 is 5.97 Å². The Morgan fingerprint density at radius 2 is 1.91 bits per heavy atom. The molecule has 0 aliphatic rings. The highest BCUT2D eigenvalue weighted by atomic mass is 35.5. The summed E-state index contributed by atoms with van der Waals surface area (Å²) in [6.07, 6.45) is 1.44. The third-order valence-corrected chi connectivity index (χ3v) is 3.00. The minimum Gasteiger partial charge on any atom is -0.465 e. The van der Waals surface area contributed by atoms with Crippen LogP contribution in [0.2, 0.25) is 5.02 Å². The molecule has 2 aromatic rings. The molecule has 5 heteroatoms. The van der Waals surface area contributed by atoms with Gasteiger partial charge in [0.2, 0.25) is 0 Å². The third-order valence-electron chi connectivity index (χ3n) is 2.74. The zero-order valence-electron chi connectivity index (χ0n) is 11.7. The molecule has 2 rings (SSSR count). The molecule has 0 bridgehead atoms. The van der Waals surface area contributed by atoms with Crippen molar-refractivity contribution in [2.75, 3.05) is 7.11 Å². The number of rotatable bonds is 4. The Morgan fingerprint density at radius 3 is 2.55 bits per heavy atom. The van der Waals surface area contributed by atoms with Crippen molar-refractivity contribution in [3.63, 3.8) is 0 Å². The van der Waals surface area contributed by atoms with E-state index in [1.54, 1.807) is 48.5 Å². The van der Waals surface area contributed by atoms with Gasteiger partial charge in [0.25, 0.3) is 0 Å². The summed E-state index contributed by atoms with van der Waals surface area (Å²) in [6, 6.07) is 15.8. The van der Waals surface area contributed by atoms with E-state index >= 15 is 0 Å². The average molecular weight is 314 g/mol. The first-order valence-corrected chi connectivity index (χ1v) is 6.74. The number of nitriles is 1. The van der Waals surface area contributed by atoms with E-state index in [4.69, 9.17) is 21.6 Å². The van der Waals surface area contributed by atoms with Gasteiger partial charge in [-0.05, 0) is 48.0 Å². The topological polar surface area (TPSA) is 59.3 Å². The minimum absolute atomic E-state index is 0.0776. The zero-order chi connectivity index (χ0) is 15.9. The number of nitrogens with zero attached hydrogens (tertiary/aromatic N) is 1. The predicted molar refractivity (Wildman–Crippen MR) is 83.6 cm³/mol. The molecule has 22 heavy (non-hydrogen) atoms. The number of benzene rings is 2. The Bertz CT molecular complexity index is 745. The van der Waals surface area contributed by atoms with Gasteiger partial charge in [0.05, 0.1) is 7.11 Å². The van der Waals surface area contributed by atoms with Gasteiger partial charge in [0.1, 0.15) is 23.1 Å². The van der Waals surface area contributed by atoms with Crippen molar-refractivity contribution in [2.24, 2.45) is 0 Å². The fraction of sp³-hybridized carbons (Fsp3) is 0.0588. The Labute approximate surface area is 133 Å². The van der Waals surface area contributed by atoms with E-state index in [9.17, 15) is 4.79 Å². The van der Waals surface area contributed by atoms with Crippen LogP contribution in [-0.4, -0.2) is 13.1 Å². The first kappa shape index (κ1) is 15.6. The molecule has 0 aliphatic carbocycles. The zero-order valence-corrected chi connectivity index (χ0v) is 12.5. The van der Waals surface area contributed by atoms with E-state index in [0.717, 1.165) is 0 Å². The highest BCUT2D eigenvalue weighted by Gasteiger charge is 2.08. The molecule has 0 N–H and O–H groups in total. The van der Waals surface area contributed by atoms with E-state index in [1.165, 1.54) is 13.2 Å². The Morgan fingerprint density at radius 1 is 1.18 bits per heavy atom. The summed E-state index contributed by atoms with van der Waals surface area (Å²) in [5.74, 6) is 0.545. The van der Waals surface area contributed by atoms with Crippen LogP contribution in [0.5, 0.6) is 11.5 Å². The van der Waals surface area contributed by atoms with Gasteiger partial charge < -0.3 is 9.47 Å². The second kappa shape index (κ2) is 7.30. The highest BCUT2D eigenvalue weighted by molar-refractivity contribution is 6.30. The molecule has 0 unspecified atom stereocenters. The molecule has 0 amide bonds. The first-order chi connectivity index (χ1) is 10.6. The first-order valence-electron chi connectivity index (χ1n) is 6.36. The van der Waals surface area contributed by atoms with Crippen molar-refractivity contribution in [3.05, 3.63) is 64.7 Å². The summed E-state index contributed by atoms with van der Waals surface area (Å²) in [6.45, 7) is 0. The van der Waals surface area contributed by atoms with Gasteiger partial charge in [0, 0.05) is 5.02 Å². The fourth-order valence-electron chi connectivity index (χ4n) is 1.72. The summed E-state index contributed by atoms with van der Waals surface area (Å²) in [5, 5.41) is 9.58. The van der Waals surface area contributed by atoms with Gasteiger partial charge in [0.15, 0.2) is 0 Å². The Kier molecular flexibility index (Phi) is 5.18. The van der Waals surface area contributed by atoms with Crippen LogP contribution in [0.1, 0.15) is 5.56 Å². The molecule has 0 spiro atoms. The molecular weight excluding hydrogens is 302 g/mol. The fourth-order valence-corrected chi connectivity index (χ4v) is 1.85. The maximum Gasteiger partial charge on any atom is 0.348 e. The van der Waals surface area contributed by atoms with Crippen LogP contribution in [0, 0.1) is 11.3 Å². The number of carbonyl (C=O) groups is 1. The molecule has 0 saturated carbocycles. The lowest BCUT2D eigenvalue weighted by atomic mass is 10.1. The van der Waals surface area contributed by atoms with Gasteiger partial charge in [-0.25, -0.2) is 4.79 Å². The average Bonchev–Trinajstić information content (AvgIpc) is 2.54. The lowest BCUT2D eigenvalue weighted by Crippen LogP contribution is -2.02. The molecule has 110 valence electrons. The number of hydrogen-bond acceptors (Lipinski definition) is 4. The van der Waals surface area contributed by atoms with Crippen LogP contribution in [-0.2, 0) is 9.53 Å². The van der Waals surface area contributed by atoms with Crippen LogP contribution in [0.15, 0.2) is 54.1 Å². The monoisotopic (exact) mass is 313 g/mol. The van der Waals surface area contributed by atoms with Crippen molar-refractivity contribution in [1.82, 2.24) is 0 Å². The SMILES string of the molecule is COC(=O)/C(C#N)=C\c1cccc(Oc2ccc(Cl)cc2)c1. The number of esters is 1. The van der Waals surface area contributed by atoms with Crippen LogP contribution in [0.4, 0.5) is 0 Å². The number of halogens is 1. The quantitative estimate of drug-likeness (QED) is 0.482. The van der Waals surface area contributed by atoms with E-state index in [2.05, 4.69) is 4.74 Å².